The Hall–Kier alpha value is -3.12. The number of nitrogens with zero attached hydrogens (tertiary/aromatic N) is 2. The molecule has 1 fully saturated rings. The highest BCUT2D eigenvalue weighted by Gasteiger charge is 2.37. The monoisotopic (exact) mass is 418 g/mol. The first-order valence-electron chi connectivity index (χ1n) is 9.84. The quantitative estimate of drug-likeness (QED) is 0.697. The van der Waals surface area contributed by atoms with Crippen LogP contribution in [-0.4, -0.2) is 39.9 Å². The van der Waals surface area contributed by atoms with E-state index in [9.17, 15) is 14.4 Å². The predicted molar refractivity (Wildman–Crippen MR) is 118 cm³/mol. The van der Waals surface area contributed by atoms with Gasteiger partial charge in [-0.05, 0) is 53.4 Å². The molecular formula is C24H22N2O3S. The van der Waals surface area contributed by atoms with Crippen LogP contribution >= 0.6 is 11.8 Å². The highest BCUT2D eigenvalue weighted by atomic mass is 32.2. The number of allylic oxidation sites excluding steroid dienone is 2. The standard InChI is InChI=1S/C24H22N2O3S/c1-17(13-18-7-3-2-4-8-18)14-21-23(28)26(24(29)30-21)16-22(27)25-12-11-19-9-5-6-10-20(19)15-25/h2-10,13-14H,11-12,15-16H2,1H3/b17-13+,21-14+. The number of thioether (sulfide) groups is 1. The van der Waals surface area contributed by atoms with Gasteiger partial charge in [-0.15, -0.1) is 0 Å². The van der Waals surface area contributed by atoms with E-state index in [1.54, 1.807) is 11.0 Å². The highest BCUT2D eigenvalue weighted by Crippen LogP contribution is 2.32. The zero-order valence-electron chi connectivity index (χ0n) is 16.7. The Morgan fingerprint density at radius 1 is 1.03 bits per heavy atom. The molecule has 2 heterocycles. The van der Waals surface area contributed by atoms with Crippen molar-refractivity contribution in [3.05, 3.63) is 87.8 Å². The fourth-order valence-corrected chi connectivity index (χ4v) is 4.53. The van der Waals surface area contributed by atoms with Gasteiger partial charge >= 0.3 is 0 Å². The molecule has 6 heteroatoms. The first-order chi connectivity index (χ1) is 14.5. The lowest BCUT2D eigenvalue weighted by Crippen LogP contribution is -2.44. The molecule has 2 aliphatic rings. The molecule has 2 aromatic carbocycles. The molecule has 2 aliphatic heterocycles. The van der Waals surface area contributed by atoms with E-state index < -0.39 is 11.1 Å². The molecule has 0 spiro atoms. The van der Waals surface area contributed by atoms with Crippen LogP contribution in [-0.2, 0) is 22.6 Å². The van der Waals surface area contributed by atoms with Crippen LogP contribution in [0.2, 0.25) is 0 Å². The molecule has 30 heavy (non-hydrogen) atoms. The molecule has 0 aliphatic carbocycles. The summed E-state index contributed by atoms with van der Waals surface area (Å²) in [4.78, 5) is 41.0. The maximum absolute atomic E-state index is 12.8. The zero-order valence-corrected chi connectivity index (χ0v) is 17.5. The summed E-state index contributed by atoms with van der Waals surface area (Å²) in [6, 6.07) is 17.8. The van der Waals surface area contributed by atoms with Crippen molar-refractivity contribution in [1.82, 2.24) is 9.80 Å². The van der Waals surface area contributed by atoms with Crippen molar-refractivity contribution in [3.63, 3.8) is 0 Å². The lowest BCUT2D eigenvalue weighted by molar-refractivity contribution is -0.136. The molecular weight excluding hydrogens is 396 g/mol. The van der Waals surface area contributed by atoms with Crippen molar-refractivity contribution in [1.29, 1.82) is 0 Å². The van der Waals surface area contributed by atoms with Crippen LogP contribution in [0.3, 0.4) is 0 Å². The van der Waals surface area contributed by atoms with Gasteiger partial charge in [-0.1, -0.05) is 60.7 Å². The van der Waals surface area contributed by atoms with Crippen LogP contribution in [0.1, 0.15) is 23.6 Å². The van der Waals surface area contributed by atoms with E-state index in [-0.39, 0.29) is 12.5 Å². The minimum absolute atomic E-state index is 0.204. The second-order valence-corrected chi connectivity index (χ2v) is 8.39. The number of benzene rings is 2. The molecule has 3 amide bonds. The van der Waals surface area contributed by atoms with E-state index in [2.05, 4.69) is 6.07 Å². The smallest absolute Gasteiger partial charge is 0.294 e. The van der Waals surface area contributed by atoms with Gasteiger partial charge in [0, 0.05) is 13.1 Å². The number of carbonyl (C=O) groups is 3. The van der Waals surface area contributed by atoms with Gasteiger partial charge in [0.05, 0.1) is 4.91 Å². The third kappa shape index (κ3) is 4.39. The first kappa shape index (κ1) is 20.2. The van der Waals surface area contributed by atoms with Gasteiger partial charge in [-0.3, -0.25) is 19.3 Å². The van der Waals surface area contributed by atoms with Gasteiger partial charge < -0.3 is 4.90 Å². The van der Waals surface area contributed by atoms with Crippen molar-refractivity contribution in [2.24, 2.45) is 0 Å². The Bertz CT molecular complexity index is 1060. The largest absolute Gasteiger partial charge is 0.336 e. The number of imide groups is 1. The molecule has 0 radical (unpaired) electrons. The van der Waals surface area contributed by atoms with E-state index in [0.717, 1.165) is 39.8 Å². The molecule has 152 valence electrons. The Labute approximate surface area is 180 Å². The first-order valence-corrected chi connectivity index (χ1v) is 10.7. The summed E-state index contributed by atoms with van der Waals surface area (Å²) < 4.78 is 0. The molecule has 4 rings (SSSR count). The summed E-state index contributed by atoms with van der Waals surface area (Å²) in [5.41, 5.74) is 4.25. The Balaban J connectivity index is 1.43. The third-order valence-corrected chi connectivity index (χ3v) is 6.11. The summed E-state index contributed by atoms with van der Waals surface area (Å²) in [5, 5.41) is -0.399. The summed E-state index contributed by atoms with van der Waals surface area (Å²) in [5.74, 6) is -0.610. The molecule has 0 saturated carbocycles. The molecule has 0 atom stereocenters. The van der Waals surface area contributed by atoms with Gasteiger partial charge in [-0.2, -0.15) is 0 Å². The number of fused-ring (bicyclic) bond motifs is 1. The lowest BCUT2D eigenvalue weighted by Gasteiger charge is -2.29. The fraction of sp³-hybridized carbons (Fsp3) is 0.208. The predicted octanol–water partition coefficient (Wildman–Crippen LogP) is 4.25. The van der Waals surface area contributed by atoms with Gasteiger partial charge in [0.2, 0.25) is 5.91 Å². The lowest BCUT2D eigenvalue weighted by atomic mass is 10.00. The molecule has 0 N–H and O–H groups in total. The fourth-order valence-electron chi connectivity index (χ4n) is 3.64. The molecule has 0 aromatic heterocycles. The molecule has 1 saturated heterocycles. The zero-order chi connectivity index (χ0) is 21.1. The van der Waals surface area contributed by atoms with Gasteiger partial charge in [0.25, 0.3) is 11.1 Å². The summed E-state index contributed by atoms with van der Waals surface area (Å²) >= 11 is 0.885. The third-order valence-electron chi connectivity index (χ3n) is 5.20. The van der Waals surface area contributed by atoms with E-state index in [0.29, 0.717) is 18.0 Å². The summed E-state index contributed by atoms with van der Waals surface area (Å²) in [6.07, 6.45) is 4.44. The van der Waals surface area contributed by atoms with Crippen LogP contribution in [0, 0.1) is 0 Å². The van der Waals surface area contributed by atoms with Crippen molar-refractivity contribution >= 4 is 34.9 Å². The summed E-state index contributed by atoms with van der Waals surface area (Å²) in [6.45, 7) is 2.78. The van der Waals surface area contributed by atoms with Gasteiger partial charge in [0.15, 0.2) is 0 Å². The maximum atomic E-state index is 12.8. The Morgan fingerprint density at radius 3 is 2.50 bits per heavy atom. The Kier molecular flexibility index (Phi) is 5.86. The van der Waals surface area contributed by atoms with Crippen molar-refractivity contribution in [2.75, 3.05) is 13.1 Å². The topological polar surface area (TPSA) is 57.7 Å². The van der Waals surface area contributed by atoms with Crippen molar-refractivity contribution in [3.8, 4) is 0 Å². The Morgan fingerprint density at radius 2 is 1.73 bits per heavy atom. The van der Waals surface area contributed by atoms with Gasteiger partial charge in [-0.25, -0.2) is 0 Å². The van der Waals surface area contributed by atoms with Crippen LogP contribution in [0.25, 0.3) is 6.08 Å². The van der Waals surface area contributed by atoms with Crippen LogP contribution in [0.15, 0.2) is 71.2 Å². The second-order valence-electron chi connectivity index (χ2n) is 7.40. The number of amides is 3. The highest BCUT2D eigenvalue weighted by molar-refractivity contribution is 8.18. The van der Waals surface area contributed by atoms with Crippen molar-refractivity contribution in [2.45, 2.75) is 19.9 Å². The molecule has 0 unspecified atom stereocenters. The number of hydrogen-bond donors (Lipinski definition) is 0. The maximum Gasteiger partial charge on any atom is 0.294 e. The summed E-state index contributed by atoms with van der Waals surface area (Å²) in [7, 11) is 0. The minimum Gasteiger partial charge on any atom is -0.336 e. The van der Waals surface area contributed by atoms with E-state index in [1.165, 1.54) is 5.56 Å². The second kappa shape index (κ2) is 8.71. The minimum atomic E-state index is -0.406. The molecule has 5 nitrogen and oxygen atoms in total. The SMILES string of the molecule is CC(=C\c1ccccc1)/C=C1/SC(=O)N(CC(=O)N2CCc3ccccc3C2)C1=O. The molecule has 2 aromatic rings. The van der Waals surface area contributed by atoms with E-state index in [4.69, 9.17) is 0 Å². The average Bonchev–Trinajstić information content (AvgIpc) is 3.01. The number of rotatable bonds is 4. The number of carbonyl (C=O) groups excluding carboxylic acids is 3. The van der Waals surface area contributed by atoms with E-state index in [1.807, 2.05) is 61.5 Å². The van der Waals surface area contributed by atoms with Gasteiger partial charge in [0.1, 0.15) is 6.54 Å². The normalized spacial score (nSPS) is 18.2. The van der Waals surface area contributed by atoms with Crippen LogP contribution in [0.5, 0.6) is 0 Å². The van der Waals surface area contributed by atoms with E-state index >= 15 is 0 Å². The average molecular weight is 419 g/mol. The van der Waals surface area contributed by atoms with Crippen molar-refractivity contribution < 1.29 is 14.4 Å². The molecule has 0 bridgehead atoms. The number of hydrogen-bond acceptors (Lipinski definition) is 4. The van der Waals surface area contributed by atoms with Crippen LogP contribution < -0.4 is 0 Å². The van der Waals surface area contributed by atoms with Crippen LogP contribution in [0.4, 0.5) is 4.79 Å².